The third-order valence-corrected chi connectivity index (χ3v) is 4.89. The average molecular weight is 330 g/mol. The molecule has 0 fully saturated rings. The summed E-state index contributed by atoms with van der Waals surface area (Å²) in [5.74, 6) is 0.0543. The summed E-state index contributed by atoms with van der Waals surface area (Å²) >= 11 is 0. The van der Waals surface area contributed by atoms with Gasteiger partial charge < -0.3 is 10.2 Å². The summed E-state index contributed by atoms with van der Waals surface area (Å²) < 4.78 is 13.3. The standard InChI is InChI=1S/C21H27FO2/c1-4-5-6-7-20(15-8-10-17(22)11-9-15)21(2,3)16-12-18(23)14-19(24)13-16/h8-14,20,23-24H,4-7H2,1-3H3/t20-/m0/s1. The number of phenols is 2. The highest BCUT2D eigenvalue weighted by atomic mass is 19.1. The lowest BCUT2D eigenvalue weighted by Crippen LogP contribution is -2.27. The fourth-order valence-corrected chi connectivity index (χ4v) is 3.41. The lowest BCUT2D eigenvalue weighted by Gasteiger charge is -2.36. The SMILES string of the molecule is CCCCC[C@@H](c1ccc(F)cc1)C(C)(C)c1cc(O)cc(O)c1. The van der Waals surface area contributed by atoms with E-state index in [0.29, 0.717) is 0 Å². The Hall–Kier alpha value is -2.03. The summed E-state index contributed by atoms with van der Waals surface area (Å²) in [6.45, 7) is 6.40. The molecule has 0 bridgehead atoms. The molecule has 1 atom stereocenters. The molecule has 0 aliphatic rings. The normalized spacial score (nSPS) is 13.0. The molecule has 2 rings (SSSR count). The van der Waals surface area contributed by atoms with E-state index < -0.39 is 0 Å². The Labute approximate surface area is 144 Å². The summed E-state index contributed by atoms with van der Waals surface area (Å²) in [7, 11) is 0. The first-order chi connectivity index (χ1) is 11.3. The van der Waals surface area contributed by atoms with E-state index in [4.69, 9.17) is 0 Å². The maximum Gasteiger partial charge on any atom is 0.123 e. The summed E-state index contributed by atoms with van der Waals surface area (Å²) in [6, 6.07) is 11.4. The Bertz CT molecular complexity index is 642. The van der Waals surface area contributed by atoms with E-state index in [9.17, 15) is 14.6 Å². The molecule has 0 amide bonds. The predicted molar refractivity (Wildman–Crippen MR) is 96.1 cm³/mol. The van der Waals surface area contributed by atoms with E-state index in [0.717, 1.165) is 36.8 Å². The van der Waals surface area contributed by atoms with Crippen LogP contribution in [0.25, 0.3) is 0 Å². The molecule has 0 saturated carbocycles. The van der Waals surface area contributed by atoms with Crippen molar-refractivity contribution < 1.29 is 14.6 Å². The van der Waals surface area contributed by atoms with Crippen molar-refractivity contribution in [2.75, 3.05) is 0 Å². The smallest absolute Gasteiger partial charge is 0.123 e. The van der Waals surface area contributed by atoms with Crippen LogP contribution < -0.4 is 0 Å². The predicted octanol–water partition coefficient (Wildman–Crippen LogP) is 5.88. The van der Waals surface area contributed by atoms with Crippen molar-refractivity contribution in [2.24, 2.45) is 0 Å². The average Bonchev–Trinajstić information content (AvgIpc) is 2.52. The van der Waals surface area contributed by atoms with Crippen LogP contribution in [0.4, 0.5) is 4.39 Å². The zero-order valence-corrected chi connectivity index (χ0v) is 14.7. The third kappa shape index (κ3) is 4.28. The van der Waals surface area contributed by atoms with Crippen molar-refractivity contribution in [1.82, 2.24) is 0 Å². The van der Waals surface area contributed by atoms with Gasteiger partial charge in [0.15, 0.2) is 0 Å². The van der Waals surface area contributed by atoms with Gasteiger partial charge in [-0.15, -0.1) is 0 Å². The highest BCUT2D eigenvalue weighted by molar-refractivity contribution is 5.42. The van der Waals surface area contributed by atoms with Gasteiger partial charge in [-0.2, -0.15) is 0 Å². The Morgan fingerprint density at radius 1 is 0.958 bits per heavy atom. The van der Waals surface area contributed by atoms with Crippen LogP contribution in [-0.2, 0) is 5.41 Å². The first-order valence-corrected chi connectivity index (χ1v) is 8.63. The Kier molecular flexibility index (Phi) is 5.87. The summed E-state index contributed by atoms with van der Waals surface area (Å²) in [5.41, 5.74) is 1.66. The van der Waals surface area contributed by atoms with Gasteiger partial charge in [0.2, 0.25) is 0 Å². The molecule has 130 valence electrons. The van der Waals surface area contributed by atoms with Gasteiger partial charge in [-0.25, -0.2) is 4.39 Å². The molecule has 0 heterocycles. The van der Waals surface area contributed by atoms with Crippen LogP contribution in [0.1, 0.15) is 63.5 Å². The fraction of sp³-hybridized carbons (Fsp3) is 0.429. The van der Waals surface area contributed by atoms with Crippen molar-refractivity contribution in [3.05, 3.63) is 59.4 Å². The van der Waals surface area contributed by atoms with Gasteiger partial charge in [-0.1, -0.05) is 52.2 Å². The molecule has 2 N–H and O–H groups in total. The molecule has 24 heavy (non-hydrogen) atoms. The number of hydrogen-bond donors (Lipinski definition) is 2. The molecular weight excluding hydrogens is 303 g/mol. The molecule has 2 aromatic rings. The van der Waals surface area contributed by atoms with Gasteiger partial charge in [-0.05, 0) is 53.1 Å². The van der Waals surface area contributed by atoms with Crippen LogP contribution in [0.15, 0.2) is 42.5 Å². The first kappa shape index (κ1) is 18.3. The fourth-order valence-electron chi connectivity index (χ4n) is 3.41. The van der Waals surface area contributed by atoms with E-state index in [1.165, 1.54) is 18.2 Å². The largest absolute Gasteiger partial charge is 0.508 e. The molecule has 0 radical (unpaired) electrons. The van der Waals surface area contributed by atoms with Crippen molar-refractivity contribution in [1.29, 1.82) is 0 Å². The molecule has 0 spiro atoms. The van der Waals surface area contributed by atoms with E-state index in [-0.39, 0.29) is 28.6 Å². The van der Waals surface area contributed by atoms with E-state index in [1.807, 2.05) is 12.1 Å². The van der Waals surface area contributed by atoms with Crippen molar-refractivity contribution in [2.45, 2.75) is 57.8 Å². The second-order valence-electron chi connectivity index (χ2n) is 7.06. The van der Waals surface area contributed by atoms with Gasteiger partial charge in [0.05, 0.1) is 0 Å². The van der Waals surface area contributed by atoms with Crippen molar-refractivity contribution >= 4 is 0 Å². The number of unbranched alkanes of at least 4 members (excludes halogenated alkanes) is 2. The highest BCUT2D eigenvalue weighted by Crippen LogP contribution is 2.43. The molecular formula is C21H27FO2. The summed E-state index contributed by atoms with van der Waals surface area (Å²) in [4.78, 5) is 0. The summed E-state index contributed by atoms with van der Waals surface area (Å²) in [6.07, 6.45) is 4.36. The van der Waals surface area contributed by atoms with E-state index in [2.05, 4.69) is 20.8 Å². The van der Waals surface area contributed by atoms with Gasteiger partial charge >= 0.3 is 0 Å². The van der Waals surface area contributed by atoms with Crippen LogP contribution in [0, 0.1) is 5.82 Å². The second kappa shape index (κ2) is 7.69. The van der Waals surface area contributed by atoms with Gasteiger partial charge in [0.1, 0.15) is 17.3 Å². The number of aromatic hydroxyl groups is 2. The van der Waals surface area contributed by atoms with Crippen LogP contribution in [-0.4, -0.2) is 10.2 Å². The van der Waals surface area contributed by atoms with Crippen LogP contribution in [0.5, 0.6) is 11.5 Å². The molecule has 0 aliphatic heterocycles. The van der Waals surface area contributed by atoms with Crippen molar-refractivity contribution in [3.8, 4) is 11.5 Å². The van der Waals surface area contributed by atoms with E-state index in [1.54, 1.807) is 12.1 Å². The van der Waals surface area contributed by atoms with Gasteiger partial charge in [0.25, 0.3) is 0 Å². The number of halogens is 1. The number of hydrogen-bond acceptors (Lipinski definition) is 2. The lowest BCUT2D eigenvalue weighted by molar-refractivity contribution is 0.371. The number of rotatable bonds is 7. The Morgan fingerprint density at radius 3 is 2.08 bits per heavy atom. The maximum atomic E-state index is 13.3. The minimum absolute atomic E-state index is 0.0597. The lowest BCUT2D eigenvalue weighted by atomic mass is 9.68. The van der Waals surface area contributed by atoms with Gasteiger partial charge in [0, 0.05) is 6.07 Å². The zero-order valence-electron chi connectivity index (χ0n) is 14.7. The van der Waals surface area contributed by atoms with Gasteiger partial charge in [-0.3, -0.25) is 0 Å². The highest BCUT2D eigenvalue weighted by Gasteiger charge is 2.32. The monoisotopic (exact) mass is 330 g/mol. The van der Waals surface area contributed by atoms with Crippen LogP contribution in [0.2, 0.25) is 0 Å². The molecule has 2 nitrogen and oxygen atoms in total. The van der Waals surface area contributed by atoms with E-state index >= 15 is 0 Å². The van der Waals surface area contributed by atoms with Crippen molar-refractivity contribution in [3.63, 3.8) is 0 Å². The zero-order chi connectivity index (χ0) is 17.7. The second-order valence-corrected chi connectivity index (χ2v) is 7.06. The maximum absolute atomic E-state index is 13.3. The Balaban J connectivity index is 2.41. The molecule has 0 aliphatic carbocycles. The minimum atomic E-state index is -0.304. The number of phenolic OH excluding ortho intramolecular Hbond substituents is 2. The van der Waals surface area contributed by atoms with Crippen LogP contribution >= 0.6 is 0 Å². The molecule has 2 aromatic carbocycles. The van der Waals surface area contributed by atoms with Crippen LogP contribution in [0.3, 0.4) is 0 Å². The molecule has 0 unspecified atom stereocenters. The minimum Gasteiger partial charge on any atom is -0.508 e. The first-order valence-electron chi connectivity index (χ1n) is 8.63. The quantitative estimate of drug-likeness (QED) is 0.622. The molecule has 0 aromatic heterocycles. The third-order valence-electron chi connectivity index (χ3n) is 4.89. The number of benzene rings is 2. The topological polar surface area (TPSA) is 40.5 Å². The Morgan fingerprint density at radius 2 is 1.54 bits per heavy atom. The molecule has 3 heteroatoms. The molecule has 0 saturated heterocycles. The summed E-state index contributed by atoms with van der Waals surface area (Å²) in [5, 5.41) is 19.7.